The van der Waals surface area contributed by atoms with E-state index in [4.69, 9.17) is 9.84 Å². The maximum Gasteiger partial charge on any atom is 0.328 e. The summed E-state index contributed by atoms with van der Waals surface area (Å²) >= 11 is 3.37. The van der Waals surface area contributed by atoms with Gasteiger partial charge in [0.15, 0.2) is 0 Å². The number of carboxylic acid groups (broad SMARTS) is 1. The molecule has 1 aromatic heterocycles. The molecule has 0 aliphatic carbocycles. The van der Waals surface area contributed by atoms with Crippen molar-refractivity contribution in [2.24, 2.45) is 0 Å². The van der Waals surface area contributed by atoms with Gasteiger partial charge in [-0.1, -0.05) is 15.9 Å². The van der Waals surface area contributed by atoms with Gasteiger partial charge >= 0.3 is 5.97 Å². The highest BCUT2D eigenvalue weighted by Gasteiger charge is 2.01. The first-order chi connectivity index (χ1) is 9.65. The van der Waals surface area contributed by atoms with Gasteiger partial charge in [0, 0.05) is 22.9 Å². The van der Waals surface area contributed by atoms with Crippen LogP contribution in [-0.4, -0.2) is 27.5 Å². The molecule has 5 nitrogen and oxygen atoms in total. The Morgan fingerprint density at radius 3 is 3.05 bits per heavy atom. The van der Waals surface area contributed by atoms with Crippen molar-refractivity contribution in [1.29, 1.82) is 0 Å². The molecule has 2 rings (SSSR count). The highest BCUT2D eigenvalue weighted by atomic mass is 79.9. The molecule has 0 bridgehead atoms. The molecule has 0 radical (unpaired) electrons. The van der Waals surface area contributed by atoms with Crippen LogP contribution in [0.5, 0.6) is 5.75 Å². The van der Waals surface area contributed by atoms with Gasteiger partial charge in [0.2, 0.25) is 0 Å². The molecule has 0 aliphatic rings. The molecule has 1 N–H and O–H groups in total. The van der Waals surface area contributed by atoms with Crippen LogP contribution in [0.3, 0.4) is 0 Å². The summed E-state index contributed by atoms with van der Waals surface area (Å²) in [4.78, 5) is 10.5. The maximum atomic E-state index is 10.5. The third-order valence-electron chi connectivity index (χ3n) is 2.52. The highest BCUT2D eigenvalue weighted by Crippen LogP contribution is 2.23. The molecule has 0 amide bonds. The first-order valence-electron chi connectivity index (χ1n) is 5.96. The number of rotatable bonds is 6. The van der Waals surface area contributed by atoms with Crippen molar-refractivity contribution in [3.05, 3.63) is 52.8 Å². The number of ether oxygens (including phenoxy) is 1. The summed E-state index contributed by atoms with van der Waals surface area (Å²) in [5.41, 5.74) is 0.754. The number of benzene rings is 1. The maximum absolute atomic E-state index is 10.5. The van der Waals surface area contributed by atoms with Gasteiger partial charge in [-0.3, -0.25) is 4.68 Å². The van der Waals surface area contributed by atoms with Crippen molar-refractivity contribution in [3.63, 3.8) is 0 Å². The first kappa shape index (κ1) is 14.3. The molecule has 2 aromatic rings. The van der Waals surface area contributed by atoms with Gasteiger partial charge in [0.05, 0.1) is 6.54 Å². The summed E-state index contributed by atoms with van der Waals surface area (Å²) in [5, 5.41) is 12.7. The quantitative estimate of drug-likeness (QED) is 0.824. The second-order valence-corrected chi connectivity index (χ2v) is 4.83. The number of carbonyl (C=O) groups is 1. The third kappa shape index (κ3) is 4.24. The van der Waals surface area contributed by atoms with Crippen LogP contribution >= 0.6 is 15.9 Å². The second kappa shape index (κ2) is 6.91. The summed E-state index contributed by atoms with van der Waals surface area (Å²) in [6.07, 6.45) is 6.20. The largest absolute Gasteiger partial charge is 0.492 e. The Balaban J connectivity index is 1.98. The molecule has 0 saturated carbocycles. The molecule has 1 heterocycles. The first-order valence-corrected chi connectivity index (χ1v) is 6.75. The number of hydrogen-bond acceptors (Lipinski definition) is 3. The topological polar surface area (TPSA) is 64.3 Å². The zero-order valence-corrected chi connectivity index (χ0v) is 12.2. The summed E-state index contributed by atoms with van der Waals surface area (Å²) in [7, 11) is 0. The van der Waals surface area contributed by atoms with E-state index in [1.54, 1.807) is 16.9 Å². The Bertz CT molecular complexity index is 609. The Kier molecular flexibility index (Phi) is 4.95. The zero-order chi connectivity index (χ0) is 14.4. The smallest absolute Gasteiger partial charge is 0.328 e. The molecule has 0 fully saturated rings. The van der Waals surface area contributed by atoms with Gasteiger partial charge in [-0.25, -0.2) is 4.79 Å². The SMILES string of the molecule is O=C(O)/C=C/c1cc(OCCn2cccn2)ccc1Br. The van der Waals surface area contributed by atoms with E-state index in [2.05, 4.69) is 21.0 Å². The van der Waals surface area contributed by atoms with Crippen molar-refractivity contribution >= 4 is 28.0 Å². The van der Waals surface area contributed by atoms with E-state index in [-0.39, 0.29) is 0 Å². The van der Waals surface area contributed by atoms with Crippen LogP contribution in [0.25, 0.3) is 6.08 Å². The van der Waals surface area contributed by atoms with Gasteiger partial charge < -0.3 is 9.84 Å². The summed E-state index contributed by atoms with van der Waals surface area (Å²) in [5.74, 6) is -0.299. The van der Waals surface area contributed by atoms with E-state index >= 15 is 0 Å². The minimum absolute atomic E-state index is 0.491. The number of halogens is 1. The number of carboxylic acids is 1. The van der Waals surface area contributed by atoms with Crippen LogP contribution in [0.4, 0.5) is 0 Å². The average molecular weight is 337 g/mol. The van der Waals surface area contributed by atoms with Crippen molar-refractivity contribution in [2.45, 2.75) is 6.54 Å². The molecular weight excluding hydrogens is 324 g/mol. The lowest BCUT2D eigenvalue weighted by Gasteiger charge is -2.08. The van der Waals surface area contributed by atoms with Crippen molar-refractivity contribution in [1.82, 2.24) is 9.78 Å². The predicted molar refractivity (Wildman–Crippen MR) is 78.5 cm³/mol. The second-order valence-electron chi connectivity index (χ2n) is 3.97. The average Bonchev–Trinajstić information content (AvgIpc) is 2.92. The van der Waals surface area contributed by atoms with E-state index in [1.165, 1.54) is 6.08 Å². The standard InChI is InChI=1S/C14H13BrN2O3/c15-13-4-3-12(10-11(13)2-5-14(18)19)20-9-8-17-7-1-6-16-17/h1-7,10H,8-9H2,(H,18,19)/b5-2+. The van der Waals surface area contributed by atoms with Crippen LogP contribution in [0, 0.1) is 0 Å². The molecule has 0 saturated heterocycles. The summed E-state index contributed by atoms with van der Waals surface area (Å²) < 4.78 is 8.21. The normalized spacial score (nSPS) is 10.8. The molecule has 0 aliphatic heterocycles. The van der Waals surface area contributed by atoms with Crippen molar-refractivity contribution in [3.8, 4) is 5.75 Å². The van der Waals surface area contributed by atoms with Crippen LogP contribution in [0.1, 0.15) is 5.56 Å². The molecule has 1 aromatic carbocycles. The van der Waals surface area contributed by atoms with Gasteiger partial charge in [0.25, 0.3) is 0 Å². The van der Waals surface area contributed by atoms with E-state index in [0.29, 0.717) is 18.9 Å². The molecule has 6 heteroatoms. The van der Waals surface area contributed by atoms with E-state index in [0.717, 1.165) is 16.1 Å². The van der Waals surface area contributed by atoms with Crippen LogP contribution in [-0.2, 0) is 11.3 Å². The van der Waals surface area contributed by atoms with Crippen LogP contribution in [0.15, 0.2) is 47.2 Å². The predicted octanol–water partition coefficient (Wildman–Crippen LogP) is 2.82. The Morgan fingerprint density at radius 2 is 2.35 bits per heavy atom. The van der Waals surface area contributed by atoms with Crippen molar-refractivity contribution in [2.75, 3.05) is 6.61 Å². The third-order valence-corrected chi connectivity index (χ3v) is 3.24. The van der Waals surface area contributed by atoms with Crippen molar-refractivity contribution < 1.29 is 14.6 Å². The fourth-order valence-corrected chi connectivity index (χ4v) is 1.97. The van der Waals surface area contributed by atoms with E-state index in [1.807, 2.05) is 24.4 Å². The molecule has 0 spiro atoms. The molecule has 0 unspecified atom stereocenters. The number of aromatic nitrogens is 2. The fourth-order valence-electron chi connectivity index (χ4n) is 1.59. The van der Waals surface area contributed by atoms with Crippen LogP contribution in [0.2, 0.25) is 0 Å². The molecule has 104 valence electrons. The Morgan fingerprint density at radius 1 is 1.50 bits per heavy atom. The van der Waals surface area contributed by atoms with Gasteiger partial charge in [0.1, 0.15) is 12.4 Å². The fraction of sp³-hybridized carbons (Fsp3) is 0.143. The van der Waals surface area contributed by atoms with E-state index in [9.17, 15) is 4.79 Å². The highest BCUT2D eigenvalue weighted by molar-refractivity contribution is 9.10. The lowest BCUT2D eigenvalue weighted by Crippen LogP contribution is -2.08. The number of aliphatic carboxylic acids is 1. The lowest BCUT2D eigenvalue weighted by molar-refractivity contribution is -0.131. The summed E-state index contributed by atoms with van der Waals surface area (Å²) in [6, 6.07) is 7.29. The monoisotopic (exact) mass is 336 g/mol. The zero-order valence-electron chi connectivity index (χ0n) is 10.6. The molecule has 0 atom stereocenters. The lowest BCUT2D eigenvalue weighted by atomic mass is 10.2. The number of hydrogen-bond donors (Lipinski definition) is 1. The Hall–Kier alpha value is -2.08. The summed E-state index contributed by atoms with van der Waals surface area (Å²) in [6.45, 7) is 1.15. The van der Waals surface area contributed by atoms with E-state index < -0.39 is 5.97 Å². The Labute approximate surface area is 124 Å². The molecule has 20 heavy (non-hydrogen) atoms. The van der Waals surface area contributed by atoms with Gasteiger partial charge in [-0.05, 0) is 35.9 Å². The molecular formula is C14H13BrN2O3. The van der Waals surface area contributed by atoms with Crippen LogP contribution < -0.4 is 4.74 Å². The minimum Gasteiger partial charge on any atom is -0.492 e. The number of nitrogens with zero attached hydrogens (tertiary/aromatic N) is 2. The van der Waals surface area contributed by atoms with Gasteiger partial charge in [-0.15, -0.1) is 0 Å². The van der Waals surface area contributed by atoms with Gasteiger partial charge in [-0.2, -0.15) is 5.10 Å². The minimum atomic E-state index is -0.984.